The lowest BCUT2D eigenvalue weighted by Gasteiger charge is -2.21. The van der Waals surface area contributed by atoms with Crippen molar-refractivity contribution in [3.63, 3.8) is 0 Å². The molecule has 0 bridgehead atoms. The minimum absolute atomic E-state index is 0.0715. The highest BCUT2D eigenvalue weighted by Crippen LogP contribution is 2.25. The van der Waals surface area contributed by atoms with Crippen LogP contribution >= 0.6 is 0 Å². The van der Waals surface area contributed by atoms with Gasteiger partial charge in [0.15, 0.2) is 0 Å². The molecule has 1 aliphatic heterocycles. The van der Waals surface area contributed by atoms with Crippen LogP contribution in [0.5, 0.6) is 5.75 Å². The van der Waals surface area contributed by atoms with Crippen molar-refractivity contribution in [1.29, 1.82) is 0 Å². The first-order valence-corrected chi connectivity index (χ1v) is 9.67. The van der Waals surface area contributed by atoms with E-state index in [1.165, 1.54) is 24.3 Å². The van der Waals surface area contributed by atoms with Crippen molar-refractivity contribution in [2.45, 2.75) is 24.8 Å². The predicted octanol–water partition coefficient (Wildman–Crippen LogP) is 3.38. The van der Waals surface area contributed by atoms with Gasteiger partial charge in [-0.1, -0.05) is 0 Å². The van der Waals surface area contributed by atoms with E-state index in [0.717, 1.165) is 12.1 Å². The van der Waals surface area contributed by atoms with Crippen LogP contribution in [0.3, 0.4) is 0 Å². The lowest BCUT2D eigenvalue weighted by atomic mass is 10.3. The van der Waals surface area contributed by atoms with Crippen molar-refractivity contribution in [2.24, 2.45) is 0 Å². The average molecular weight is 396 g/mol. The van der Waals surface area contributed by atoms with Crippen molar-refractivity contribution in [3.05, 3.63) is 54.1 Å². The first-order chi connectivity index (χ1) is 12.7. The minimum atomic E-state index is -4.27. The number of rotatable bonds is 5. The fraction of sp³-hybridized carbons (Fsp3) is 0.278. The summed E-state index contributed by atoms with van der Waals surface area (Å²) >= 11 is 0. The summed E-state index contributed by atoms with van der Waals surface area (Å²) in [6.45, 7) is 4.93. The molecule has 0 spiro atoms. The molecule has 6 nitrogen and oxygen atoms in total. The standard InChI is InChI=1S/C18H18F2N2O4S/c1-12(2)21-7-8-22(18(21)23)15-3-5-17(6-4-15)27(24,25)26-16-10-13(19)9-14(20)11-16/h3-6,9-12H,7-8H2,1-2H3. The van der Waals surface area contributed by atoms with Crippen molar-refractivity contribution >= 4 is 21.8 Å². The summed E-state index contributed by atoms with van der Waals surface area (Å²) in [6.07, 6.45) is 0. The van der Waals surface area contributed by atoms with Crippen LogP contribution in [-0.4, -0.2) is 38.5 Å². The normalized spacial score (nSPS) is 14.9. The molecule has 144 valence electrons. The minimum Gasteiger partial charge on any atom is -0.379 e. The summed E-state index contributed by atoms with van der Waals surface area (Å²) in [5.41, 5.74) is 0.555. The quantitative estimate of drug-likeness (QED) is 0.727. The summed E-state index contributed by atoms with van der Waals surface area (Å²) in [6, 6.07) is 7.64. The van der Waals surface area contributed by atoms with E-state index in [-0.39, 0.29) is 17.0 Å². The molecule has 1 aliphatic rings. The Morgan fingerprint density at radius 1 is 1.00 bits per heavy atom. The SMILES string of the molecule is CC(C)N1CCN(c2ccc(S(=O)(=O)Oc3cc(F)cc(F)c3)cc2)C1=O. The molecule has 0 N–H and O–H groups in total. The number of anilines is 1. The van der Waals surface area contributed by atoms with Crippen LogP contribution < -0.4 is 9.08 Å². The zero-order valence-electron chi connectivity index (χ0n) is 14.7. The molecule has 0 radical (unpaired) electrons. The van der Waals surface area contributed by atoms with Crippen molar-refractivity contribution in [3.8, 4) is 5.75 Å². The lowest BCUT2D eigenvalue weighted by Crippen LogP contribution is -2.36. The van der Waals surface area contributed by atoms with Crippen LogP contribution in [0.2, 0.25) is 0 Å². The monoisotopic (exact) mass is 396 g/mol. The van der Waals surface area contributed by atoms with Gasteiger partial charge in [0.05, 0.1) is 0 Å². The number of carbonyl (C=O) groups is 1. The van der Waals surface area contributed by atoms with Crippen molar-refractivity contribution in [1.82, 2.24) is 4.90 Å². The van der Waals surface area contributed by atoms with Gasteiger partial charge in [-0.25, -0.2) is 13.6 Å². The highest BCUT2D eigenvalue weighted by molar-refractivity contribution is 7.87. The van der Waals surface area contributed by atoms with Gasteiger partial charge < -0.3 is 9.08 Å². The zero-order valence-corrected chi connectivity index (χ0v) is 15.5. The molecule has 0 aromatic heterocycles. The maximum Gasteiger partial charge on any atom is 0.339 e. The fourth-order valence-electron chi connectivity index (χ4n) is 2.82. The van der Waals surface area contributed by atoms with Gasteiger partial charge in [-0.05, 0) is 38.1 Å². The van der Waals surface area contributed by atoms with E-state index < -0.39 is 27.5 Å². The van der Waals surface area contributed by atoms with Gasteiger partial charge in [-0.3, -0.25) is 4.90 Å². The third kappa shape index (κ3) is 4.02. The van der Waals surface area contributed by atoms with Crippen LogP contribution in [0, 0.1) is 11.6 Å². The summed E-state index contributed by atoms with van der Waals surface area (Å²) in [7, 11) is -4.27. The second-order valence-electron chi connectivity index (χ2n) is 6.36. The van der Waals surface area contributed by atoms with E-state index in [0.29, 0.717) is 24.8 Å². The first-order valence-electron chi connectivity index (χ1n) is 8.26. The van der Waals surface area contributed by atoms with E-state index in [2.05, 4.69) is 0 Å². The third-order valence-electron chi connectivity index (χ3n) is 4.14. The smallest absolute Gasteiger partial charge is 0.339 e. The average Bonchev–Trinajstić information content (AvgIpc) is 2.95. The summed E-state index contributed by atoms with van der Waals surface area (Å²) in [5.74, 6) is -2.35. The van der Waals surface area contributed by atoms with Crippen LogP contribution in [0.25, 0.3) is 0 Å². The maximum absolute atomic E-state index is 13.2. The van der Waals surface area contributed by atoms with Gasteiger partial charge in [0.2, 0.25) is 0 Å². The highest BCUT2D eigenvalue weighted by Gasteiger charge is 2.31. The largest absolute Gasteiger partial charge is 0.379 e. The molecule has 0 saturated carbocycles. The lowest BCUT2D eigenvalue weighted by molar-refractivity contribution is 0.209. The summed E-state index contributed by atoms with van der Waals surface area (Å²) in [5, 5.41) is 0. The molecular formula is C18H18F2N2O4S. The maximum atomic E-state index is 13.2. The number of hydrogen-bond acceptors (Lipinski definition) is 4. The molecule has 9 heteroatoms. The Kier molecular flexibility index (Phi) is 5.05. The van der Waals surface area contributed by atoms with Gasteiger partial charge in [0.1, 0.15) is 22.3 Å². The molecule has 1 saturated heterocycles. The Bertz CT molecular complexity index is 942. The van der Waals surface area contributed by atoms with Crippen LogP contribution in [-0.2, 0) is 10.1 Å². The topological polar surface area (TPSA) is 66.9 Å². The third-order valence-corrected chi connectivity index (χ3v) is 5.40. The summed E-state index contributed by atoms with van der Waals surface area (Å²) < 4.78 is 55.8. The zero-order chi connectivity index (χ0) is 19.8. The Hall–Kier alpha value is -2.68. The second kappa shape index (κ2) is 7.15. The van der Waals surface area contributed by atoms with Crippen molar-refractivity contribution < 1.29 is 26.2 Å². The molecule has 0 atom stereocenters. The number of amides is 2. The number of urea groups is 1. The Balaban J connectivity index is 1.79. The number of carbonyl (C=O) groups excluding carboxylic acids is 1. The van der Waals surface area contributed by atoms with Crippen molar-refractivity contribution in [2.75, 3.05) is 18.0 Å². The van der Waals surface area contributed by atoms with E-state index in [1.807, 2.05) is 13.8 Å². The van der Waals surface area contributed by atoms with Gasteiger partial charge in [-0.2, -0.15) is 8.42 Å². The van der Waals surface area contributed by atoms with Gasteiger partial charge in [-0.15, -0.1) is 0 Å². The van der Waals surface area contributed by atoms with Gasteiger partial charge >= 0.3 is 16.1 Å². The first kappa shape index (κ1) is 19.1. The second-order valence-corrected chi connectivity index (χ2v) is 7.90. The molecule has 0 aliphatic carbocycles. The van der Waals surface area contributed by atoms with Gasteiger partial charge in [0, 0.05) is 43.0 Å². The fourth-order valence-corrected chi connectivity index (χ4v) is 3.73. The Morgan fingerprint density at radius 3 is 2.11 bits per heavy atom. The number of halogens is 2. The molecular weight excluding hydrogens is 378 g/mol. The van der Waals surface area contributed by atoms with Crippen LogP contribution in [0.1, 0.15) is 13.8 Å². The van der Waals surface area contributed by atoms with Crippen LogP contribution in [0.15, 0.2) is 47.4 Å². The highest BCUT2D eigenvalue weighted by atomic mass is 32.2. The van der Waals surface area contributed by atoms with Gasteiger partial charge in [0.25, 0.3) is 0 Å². The Labute approximate surface area is 156 Å². The molecule has 2 amide bonds. The molecule has 3 rings (SSSR count). The molecule has 0 unspecified atom stereocenters. The number of hydrogen-bond donors (Lipinski definition) is 0. The number of nitrogens with zero attached hydrogens (tertiary/aromatic N) is 2. The molecule has 1 heterocycles. The number of benzene rings is 2. The summed E-state index contributed by atoms with van der Waals surface area (Å²) in [4.78, 5) is 15.5. The molecule has 2 aromatic carbocycles. The van der Waals surface area contributed by atoms with Crippen LogP contribution in [0.4, 0.5) is 19.3 Å². The molecule has 1 fully saturated rings. The van der Waals surface area contributed by atoms with E-state index in [4.69, 9.17) is 4.18 Å². The molecule has 27 heavy (non-hydrogen) atoms. The van der Waals surface area contributed by atoms with E-state index in [9.17, 15) is 22.0 Å². The molecule has 2 aromatic rings. The van der Waals surface area contributed by atoms with E-state index in [1.54, 1.807) is 9.80 Å². The van der Waals surface area contributed by atoms with E-state index >= 15 is 0 Å². The Morgan fingerprint density at radius 2 is 1.59 bits per heavy atom. The predicted molar refractivity (Wildman–Crippen MR) is 95.2 cm³/mol.